The van der Waals surface area contributed by atoms with E-state index in [4.69, 9.17) is 9.84 Å². The number of benzene rings is 1. The Kier molecular flexibility index (Phi) is 5.70. The summed E-state index contributed by atoms with van der Waals surface area (Å²) in [6.07, 6.45) is 0.477. The van der Waals surface area contributed by atoms with Crippen LogP contribution in [0.1, 0.15) is 18.4 Å². The molecule has 0 spiro atoms. The molecular formula is C13H17NO4. The molecule has 98 valence electrons. The maximum absolute atomic E-state index is 11.4. The first-order valence-electron chi connectivity index (χ1n) is 5.76. The van der Waals surface area contributed by atoms with Gasteiger partial charge in [-0.15, -0.1) is 0 Å². The zero-order chi connectivity index (χ0) is 13.4. The molecule has 1 aromatic carbocycles. The number of carboxylic acid groups (broad SMARTS) is 1. The normalized spacial score (nSPS) is 9.83. The minimum atomic E-state index is -0.861. The standard InChI is InChI=1S/C13H17NO4/c1-10-5-2-3-6-11(10)18-9-12(15)14-8-4-7-13(16)17/h2-3,5-6H,4,7-9H2,1H3,(H,14,15)(H,16,17). The summed E-state index contributed by atoms with van der Waals surface area (Å²) in [6.45, 7) is 2.19. The Bertz CT molecular complexity index is 417. The number of amides is 1. The molecule has 0 aliphatic carbocycles. The van der Waals surface area contributed by atoms with E-state index < -0.39 is 5.97 Å². The molecule has 0 aliphatic heterocycles. The third kappa shape index (κ3) is 5.34. The van der Waals surface area contributed by atoms with Gasteiger partial charge in [0.15, 0.2) is 6.61 Å². The van der Waals surface area contributed by atoms with E-state index >= 15 is 0 Å². The fraction of sp³-hybridized carbons (Fsp3) is 0.385. The molecule has 0 heterocycles. The van der Waals surface area contributed by atoms with Gasteiger partial charge in [0.25, 0.3) is 5.91 Å². The maximum atomic E-state index is 11.4. The predicted octanol–water partition coefficient (Wildman–Crippen LogP) is 1.35. The zero-order valence-corrected chi connectivity index (χ0v) is 10.3. The van der Waals surface area contributed by atoms with Crippen molar-refractivity contribution < 1.29 is 19.4 Å². The van der Waals surface area contributed by atoms with Crippen molar-refractivity contribution in [3.05, 3.63) is 29.8 Å². The minimum Gasteiger partial charge on any atom is -0.484 e. The van der Waals surface area contributed by atoms with Gasteiger partial charge in [0.1, 0.15) is 5.75 Å². The number of hydrogen-bond donors (Lipinski definition) is 2. The number of aliphatic carboxylic acids is 1. The van der Waals surface area contributed by atoms with Gasteiger partial charge in [-0.1, -0.05) is 18.2 Å². The van der Waals surface area contributed by atoms with Gasteiger partial charge in [0, 0.05) is 13.0 Å². The van der Waals surface area contributed by atoms with Gasteiger partial charge in [-0.25, -0.2) is 0 Å². The summed E-state index contributed by atoms with van der Waals surface area (Å²) in [7, 11) is 0. The molecule has 1 rings (SSSR count). The predicted molar refractivity (Wildman–Crippen MR) is 66.6 cm³/mol. The number of aryl methyl sites for hydroxylation is 1. The average molecular weight is 251 g/mol. The Balaban J connectivity index is 2.21. The lowest BCUT2D eigenvalue weighted by Crippen LogP contribution is -2.30. The van der Waals surface area contributed by atoms with Gasteiger partial charge < -0.3 is 15.2 Å². The van der Waals surface area contributed by atoms with Crippen molar-refractivity contribution in [2.75, 3.05) is 13.2 Å². The molecule has 0 bridgehead atoms. The van der Waals surface area contributed by atoms with Gasteiger partial charge in [0.2, 0.25) is 0 Å². The molecule has 0 saturated carbocycles. The highest BCUT2D eigenvalue weighted by Gasteiger charge is 2.04. The van der Waals surface area contributed by atoms with E-state index in [-0.39, 0.29) is 18.9 Å². The summed E-state index contributed by atoms with van der Waals surface area (Å²) in [5.74, 6) is -0.428. The fourth-order valence-corrected chi connectivity index (χ4v) is 1.38. The Labute approximate surface area is 106 Å². The first-order chi connectivity index (χ1) is 8.59. The number of hydrogen-bond acceptors (Lipinski definition) is 3. The van der Waals surface area contributed by atoms with E-state index in [2.05, 4.69) is 5.32 Å². The van der Waals surface area contributed by atoms with Crippen LogP contribution in [-0.4, -0.2) is 30.1 Å². The van der Waals surface area contributed by atoms with E-state index in [0.29, 0.717) is 18.7 Å². The van der Waals surface area contributed by atoms with Crippen molar-refractivity contribution in [2.24, 2.45) is 0 Å². The first kappa shape index (κ1) is 14.0. The average Bonchev–Trinajstić information content (AvgIpc) is 2.33. The topological polar surface area (TPSA) is 75.6 Å². The van der Waals surface area contributed by atoms with Crippen LogP contribution >= 0.6 is 0 Å². The largest absolute Gasteiger partial charge is 0.484 e. The SMILES string of the molecule is Cc1ccccc1OCC(=O)NCCCC(=O)O. The molecule has 0 atom stereocenters. The lowest BCUT2D eigenvalue weighted by Gasteiger charge is -2.08. The molecular weight excluding hydrogens is 234 g/mol. The number of carbonyl (C=O) groups excluding carboxylic acids is 1. The molecule has 1 amide bonds. The quantitative estimate of drug-likeness (QED) is 0.717. The van der Waals surface area contributed by atoms with Crippen molar-refractivity contribution in [2.45, 2.75) is 19.8 Å². The number of rotatable bonds is 7. The van der Waals surface area contributed by atoms with E-state index in [1.54, 1.807) is 6.07 Å². The van der Waals surface area contributed by atoms with Crippen LogP contribution in [-0.2, 0) is 9.59 Å². The summed E-state index contributed by atoms with van der Waals surface area (Å²) < 4.78 is 5.35. The molecule has 0 aromatic heterocycles. The minimum absolute atomic E-state index is 0.0545. The fourth-order valence-electron chi connectivity index (χ4n) is 1.38. The monoisotopic (exact) mass is 251 g/mol. The van der Waals surface area contributed by atoms with Gasteiger partial charge in [-0.3, -0.25) is 9.59 Å². The third-order valence-corrected chi connectivity index (χ3v) is 2.34. The van der Waals surface area contributed by atoms with Crippen LogP contribution in [0.2, 0.25) is 0 Å². The number of nitrogens with one attached hydrogen (secondary N) is 1. The van der Waals surface area contributed by atoms with Gasteiger partial charge >= 0.3 is 5.97 Å². The number of carboxylic acids is 1. The second-order valence-corrected chi connectivity index (χ2v) is 3.90. The van der Waals surface area contributed by atoms with E-state index in [1.165, 1.54) is 0 Å². The second-order valence-electron chi connectivity index (χ2n) is 3.90. The van der Waals surface area contributed by atoms with Crippen LogP contribution in [0, 0.1) is 6.92 Å². The van der Waals surface area contributed by atoms with Crippen LogP contribution in [0.25, 0.3) is 0 Å². The van der Waals surface area contributed by atoms with E-state index in [0.717, 1.165) is 5.56 Å². The summed E-state index contributed by atoms with van der Waals surface area (Å²) in [5, 5.41) is 11.0. The number of carbonyl (C=O) groups is 2. The molecule has 0 fully saturated rings. The molecule has 18 heavy (non-hydrogen) atoms. The summed E-state index contributed by atoms with van der Waals surface area (Å²) >= 11 is 0. The molecule has 5 heteroatoms. The van der Waals surface area contributed by atoms with Gasteiger partial charge in [-0.05, 0) is 25.0 Å². The van der Waals surface area contributed by atoms with Crippen LogP contribution in [0.15, 0.2) is 24.3 Å². The summed E-state index contributed by atoms with van der Waals surface area (Å²) in [4.78, 5) is 21.6. The first-order valence-corrected chi connectivity index (χ1v) is 5.76. The summed E-state index contributed by atoms with van der Waals surface area (Å²) in [5.41, 5.74) is 0.969. The molecule has 0 radical (unpaired) electrons. The number of para-hydroxylation sites is 1. The lowest BCUT2D eigenvalue weighted by molar-refractivity contribution is -0.137. The van der Waals surface area contributed by atoms with Gasteiger partial charge in [0.05, 0.1) is 0 Å². The highest BCUT2D eigenvalue weighted by atomic mass is 16.5. The van der Waals surface area contributed by atoms with Crippen LogP contribution < -0.4 is 10.1 Å². The third-order valence-electron chi connectivity index (χ3n) is 2.34. The maximum Gasteiger partial charge on any atom is 0.303 e. The molecule has 1 aromatic rings. The highest BCUT2D eigenvalue weighted by molar-refractivity contribution is 5.77. The molecule has 0 saturated heterocycles. The van der Waals surface area contributed by atoms with Crippen molar-refractivity contribution >= 4 is 11.9 Å². The van der Waals surface area contributed by atoms with Crippen molar-refractivity contribution in [3.63, 3.8) is 0 Å². The van der Waals surface area contributed by atoms with Crippen LogP contribution in [0.4, 0.5) is 0 Å². The smallest absolute Gasteiger partial charge is 0.303 e. The number of ether oxygens (including phenoxy) is 1. The molecule has 5 nitrogen and oxygen atoms in total. The van der Waals surface area contributed by atoms with Crippen molar-refractivity contribution in [1.29, 1.82) is 0 Å². The molecule has 2 N–H and O–H groups in total. The highest BCUT2D eigenvalue weighted by Crippen LogP contribution is 2.15. The Morgan fingerprint density at radius 2 is 2.06 bits per heavy atom. The van der Waals surface area contributed by atoms with Crippen molar-refractivity contribution in [3.8, 4) is 5.75 Å². The van der Waals surface area contributed by atoms with E-state index in [9.17, 15) is 9.59 Å². The molecule has 0 aliphatic rings. The second kappa shape index (κ2) is 7.32. The van der Waals surface area contributed by atoms with Crippen LogP contribution in [0.3, 0.4) is 0 Å². The Morgan fingerprint density at radius 3 is 2.72 bits per heavy atom. The Morgan fingerprint density at radius 1 is 1.33 bits per heavy atom. The summed E-state index contributed by atoms with van der Waals surface area (Å²) in [6, 6.07) is 7.44. The van der Waals surface area contributed by atoms with Crippen molar-refractivity contribution in [1.82, 2.24) is 5.32 Å². The van der Waals surface area contributed by atoms with E-state index in [1.807, 2.05) is 25.1 Å². The lowest BCUT2D eigenvalue weighted by atomic mass is 10.2. The zero-order valence-electron chi connectivity index (χ0n) is 10.3. The van der Waals surface area contributed by atoms with Gasteiger partial charge in [-0.2, -0.15) is 0 Å². The Hall–Kier alpha value is -2.04. The molecule has 0 unspecified atom stereocenters. The van der Waals surface area contributed by atoms with Crippen LogP contribution in [0.5, 0.6) is 5.75 Å².